The number of rotatable bonds is 5. The van der Waals surface area contributed by atoms with Gasteiger partial charge in [0.05, 0.1) is 12.8 Å². The van der Waals surface area contributed by atoms with Crippen LogP contribution in [0.25, 0.3) is 6.08 Å². The average Bonchev–Trinajstić information content (AvgIpc) is 2.82. The van der Waals surface area contributed by atoms with E-state index in [-0.39, 0.29) is 28.1 Å². The SMILES string of the molecule is COc1cc(CNC(=O)c2ccc3c(c2)C(=O)/C(=C/c2ccc(F)c(F)c2)S(=O)N3)ccn1. The summed E-state index contributed by atoms with van der Waals surface area (Å²) in [6, 6.07) is 10.9. The number of nitrogens with one attached hydrogen (secondary N) is 2. The second-order valence-corrected chi connectivity index (χ2v) is 8.21. The highest BCUT2D eigenvalue weighted by Crippen LogP contribution is 2.30. The summed E-state index contributed by atoms with van der Waals surface area (Å²) in [5.74, 6) is -2.70. The second-order valence-electron chi connectivity index (χ2n) is 7.03. The highest BCUT2D eigenvalue weighted by molar-refractivity contribution is 7.91. The summed E-state index contributed by atoms with van der Waals surface area (Å²) in [6.07, 6.45) is 2.78. The minimum absolute atomic E-state index is 0.140. The molecule has 10 heteroatoms. The number of ketones is 1. The number of pyridine rings is 1. The molecule has 0 radical (unpaired) electrons. The fraction of sp³-hybridized carbons (Fsp3) is 0.0870. The van der Waals surface area contributed by atoms with Gasteiger partial charge in [-0.3, -0.25) is 9.59 Å². The number of fused-ring (bicyclic) bond motifs is 1. The Balaban J connectivity index is 1.56. The minimum Gasteiger partial charge on any atom is -0.481 e. The van der Waals surface area contributed by atoms with E-state index in [1.807, 2.05) is 0 Å². The zero-order chi connectivity index (χ0) is 23.5. The maximum Gasteiger partial charge on any atom is 0.251 e. The lowest BCUT2D eigenvalue weighted by Gasteiger charge is -2.19. The molecule has 1 amide bonds. The number of hydrogen-bond donors (Lipinski definition) is 2. The number of halogens is 2. The first kappa shape index (κ1) is 22.3. The van der Waals surface area contributed by atoms with Crippen LogP contribution < -0.4 is 14.8 Å². The van der Waals surface area contributed by atoms with Crippen molar-refractivity contribution in [1.29, 1.82) is 0 Å². The molecule has 3 aromatic rings. The lowest BCUT2D eigenvalue weighted by molar-refractivity contribution is 0.0951. The van der Waals surface area contributed by atoms with Gasteiger partial charge in [-0.15, -0.1) is 0 Å². The summed E-state index contributed by atoms with van der Waals surface area (Å²) in [5.41, 5.74) is 1.62. The molecule has 4 rings (SSSR count). The number of allylic oxidation sites excluding steroid dienone is 1. The molecule has 1 aliphatic rings. The molecule has 168 valence electrons. The van der Waals surface area contributed by atoms with Crippen LogP contribution in [0.3, 0.4) is 0 Å². The van der Waals surface area contributed by atoms with Crippen LogP contribution in [0.1, 0.15) is 31.8 Å². The van der Waals surface area contributed by atoms with E-state index in [1.165, 1.54) is 37.5 Å². The van der Waals surface area contributed by atoms with E-state index >= 15 is 0 Å². The number of aromatic nitrogens is 1. The lowest BCUT2D eigenvalue weighted by Crippen LogP contribution is -2.25. The van der Waals surface area contributed by atoms with Crippen LogP contribution in [0.15, 0.2) is 59.6 Å². The van der Waals surface area contributed by atoms with Crippen molar-refractivity contribution in [2.75, 3.05) is 11.8 Å². The van der Waals surface area contributed by atoms with E-state index in [2.05, 4.69) is 15.0 Å². The predicted molar refractivity (Wildman–Crippen MR) is 119 cm³/mol. The molecule has 0 saturated carbocycles. The van der Waals surface area contributed by atoms with Crippen molar-refractivity contribution in [3.8, 4) is 5.88 Å². The van der Waals surface area contributed by atoms with Crippen LogP contribution >= 0.6 is 0 Å². The van der Waals surface area contributed by atoms with Gasteiger partial charge in [0.1, 0.15) is 4.91 Å². The molecule has 0 spiro atoms. The van der Waals surface area contributed by atoms with Gasteiger partial charge < -0.3 is 14.8 Å². The number of carbonyl (C=O) groups excluding carboxylic acids is 2. The van der Waals surface area contributed by atoms with Gasteiger partial charge in [0, 0.05) is 29.9 Å². The molecule has 2 aromatic carbocycles. The summed E-state index contributed by atoms with van der Waals surface area (Å²) >= 11 is 0. The van der Waals surface area contributed by atoms with Gasteiger partial charge in [-0.2, -0.15) is 0 Å². The van der Waals surface area contributed by atoms with Gasteiger partial charge in [-0.05, 0) is 53.6 Å². The predicted octanol–water partition coefficient (Wildman–Crippen LogP) is 3.61. The molecular weight excluding hydrogens is 452 g/mol. The third kappa shape index (κ3) is 4.80. The number of anilines is 1. The highest BCUT2D eigenvalue weighted by Gasteiger charge is 2.28. The van der Waals surface area contributed by atoms with E-state index in [0.717, 1.165) is 17.7 Å². The Labute approximate surface area is 190 Å². The Hall–Kier alpha value is -3.92. The van der Waals surface area contributed by atoms with Gasteiger partial charge in [0.15, 0.2) is 22.6 Å². The van der Waals surface area contributed by atoms with E-state index in [4.69, 9.17) is 4.74 Å². The van der Waals surface area contributed by atoms with Crippen LogP contribution in [-0.4, -0.2) is 28.0 Å². The lowest BCUT2D eigenvalue weighted by atomic mass is 10.0. The Bertz CT molecular complexity index is 1330. The van der Waals surface area contributed by atoms with Gasteiger partial charge in [0.2, 0.25) is 11.7 Å². The molecule has 7 nitrogen and oxygen atoms in total. The van der Waals surface area contributed by atoms with E-state index < -0.39 is 34.3 Å². The van der Waals surface area contributed by atoms with Gasteiger partial charge in [-0.25, -0.2) is 18.0 Å². The third-order valence-electron chi connectivity index (χ3n) is 4.86. The number of methoxy groups -OCH3 is 1. The van der Waals surface area contributed by atoms with Crippen molar-refractivity contribution >= 4 is 34.4 Å². The molecule has 0 saturated heterocycles. The Kier molecular flexibility index (Phi) is 6.27. The minimum atomic E-state index is -1.90. The van der Waals surface area contributed by atoms with Crippen molar-refractivity contribution in [2.45, 2.75) is 6.54 Å². The van der Waals surface area contributed by atoms with Crippen molar-refractivity contribution in [3.63, 3.8) is 0 Å². The summed E-state index contributed by atoms with van der Waals surface area (Å²) in [5, 5.41) is 2.75. The van der Waals surface area contributed by atoms with Crippen LogP contribution in [-0.2, 0) is 17.5 Å². The summed E-state index contributed by atoms with van der Waals surface area (Å²) in [4.78, 5) is 29.5. The molecular formula is C23H17F2N3O4S. The van der Waals surface area contributed by atoms with E-state index in [0.29, 0.717) is 11.6 Å². The third-order valence-corrected chi connectivity index (χ3v) is 5.96. The first-order valence-corrected chi connectivity index (χ1v) is 10.8. The van der Waals surface area contributed by atoms with E-state index in [1.54, 1.807) is 18.3 Å². The van der Waals surface area contributed by atoms with Crippen molar-refractivity contribution in [2.24, 2.45) is 0 Å². The first-order valence-electron chi connectivity index (χ1n) is 9.67. The highest BCUT2D eigenvalue weighted by atomic mass is 32.2. The van der Waals surface area contributed by atoms with Gasteiger partial charge in [0.25, 0.3) is 5.91 Å². The summed E-state index contributed by atoms with van der Waals surface area (Å²) < 4.78 is 46.9. The fourth-order valence-electron chi connectivity index (χ4n) is 3.16. The molecule has 1 unspecified atom stereocenters. The average molecular weight is 469 g/mol. The quantitative estimate of drug-likeness (QED) is 0.557. The van der Waals surface area contributed by atoms with Crippen molar-refractivity contribution in [3.05, 3.63) is 93.5 Å². The number of ether oxygens (including phenoxy) is 1. The standard InChI is InChI=1S/C23H17F2N3O4S/c1-32-21-10-14(6-7-26-21)12-27-23(30)15-3-5-19-16(11-15)22(29)20(33(31)28-19)9-13-2-4-17(24)18(25)8-13/h2-11,28H,12H2,1H3,(H,27,30)/b20-9-. The maximum absolute atomic E-state index is 13.5. The van der Waals surface area contributed by atoms with Gasteiger partial charge in [-0.1, -0.05) is 6.07 Å². The summed E-state index contributed by atoms with van der Waals surface area (Å²) in [7, 11) is -0.413. The molecule has 2 heterocycles. The second kappa shape index (κ2) is 9.29. The smallest absolute Gasteiger partial charge is 0.251 e. The molecule has 0 bridgehead atoms. The van der Waals surface area contributed by atoms with Crippen LogP contribution in [0.4, 0.5) is 14.5 Å². The molecule has 0 aliphatic carbocycles. The molecule has 0 fully saturated rings. The summed E-state index contributed by atoms with van der Waals surface area (Å²) in [6.45, 7) is 0.215. The molecule has 2 N–H and O–H groups in total. The largest absolute Gasteiger partial charge is 0.481 e. The van der Waals surface area contributed by atoms with Crippen LogP contribution in [0, 0.1) is 11.6 Å². The van der Waals surface area contributed by atoms with Crippen LogP contribution in [0.2, 0.25) is 0 Å². The number of nitrogens with zero attached hydrogens (tertiary/aromatic N) is 1. The Morgan fingerprint density at radius 1 is 1.15 bits per heavy atom. The number of hydrogen-bond acceptors (Lipinski definition) is 5. The zero-order valence-corrected chi connectivity index (χ0v) is 18.0. The number of Topliss-reactive ketones (excluding diaryl/α,β-unsaturated/α-hetero) is 1. The number of benzene rings is 2. The number of amides is 1. The molecule has 33 heavy (non-hydrogen) atoms. The Morgan fingerprint density at radius 3 is 2.73 bits per heavy atom. The molecule has 1 aliphatic heterocycles. The first-order chi connectivity index (χ1) is 15.9. The normalized spacial score (nSPS) is 16.2. The topological polar surface area (TPSA) is 97.4 Å². The molecule has 1 atom stereocenters. The zero-order valence-electron chi connectivity index (χ0n) is 17.2. The number of carbonyl (C=O) groups is 2. The van der Waals surface area contributed by atoms with Crippen molar-refractivity contribution < 1.29 is 27.3 Å². The van der Waals surface area contributed by atoms with Crippen molar-refractivity contribution in [1.82, 2.24) is 10.3 Å². The fourth-order valence-corrected chi connectivity index (χ4v) is 4.17. The maximum atomic E-state index is 13.5. The molecule has 1 aromatic heterocycles. The van der Waals surface area contributed by atoms with E-state index in [9.17, 15) is 22.6 Å². The van der Waals surface area contributed by atoms with Gasteiger partial charge >= 0.3 is 0 Å². The van der Waals surface area contributed by atoms with Crippen LogP contribution in [0.5, 0.6) is 5.88 Å². The Morgan fingerprint density at radius 2 is 1.97 bits per heavy atom. The monoisotopic (exact) mass is 469 g/mol.